The summed E-state index contributed by atoms with van der Waals surface area (Å²) < 4.78 is 7.52. The molecular weight excluding hydrogens is 355 g/mol. The minimum atomic E-state index is 0.554. The lowest BCUT2D eigenvalue weighted by molar-refractivity contribution is 0.397. The van der Waals surface area contributed by atoms with Crippen molar-refractivity contribution < 1.29 is 4.52 Å². The molecule has 118 valence electrons. The number of hydrogen-bond donors (Lipinski definition) is 0. The van der Waals surface area contributed by atoms with Gasteiger partial charge in [0.15, 0.2) is 5.16 Å². The summed E-state index contributed by atoms with van der Waals surface area (Å²) in [5, 5.41) is 14.3. The van der Waals surface area contributed by atoms with Gasteiger partial charge in [0, 0.05) is 22.7 Å². The third kappa shape index (κ3) is 3.24. The highest BCUT2D eigenvalue weighted by Gasteiger charge is 2.26. The molecule has 0 atom stereocenters. The molecule has 0 spiro atoms. The summed E-state index contributed by atoms with van der Waals surface area (Å²) in [6.07, 6.45) is 4.19. The fourth-order valence-electron chi connectivity index (χ4n) is 2.28. The molecule has 0 amide bonds. The molecule has 4 rings (SSSR count). The van der Waals surface area contributed by atoms with Crippen LogP contribution >= 0.6 is 35.0 Å². The highest BCUT2D eigenvalue weighted by atomic mass is 35.5. The van der Waals surface area contributed by atoms with Crippen molar-refractivity contribution in [2.45, 2.75) is 29.8 Å². The van der Waals surface area contributed by atoms with Gasteiger partial charge in [0.25, 0.3) is 0 Å². The molecule has 2 heterocycles. The van der Waals surface area contributed by atoms with E-state index < -0.39 is 0 Å². The molecule has 0 saturated heterocycles. The van der Waals surface area contributed by atoms with Crippen LogP contribution in [-0.2, 0) is 5.75 Å². The SMILES string of the molecule is Clc1ccc(-c2cc(CSc3nncn3C3CC3)on2)c(Cl)c1. The number of benzene rings is 1. The molecule has 0 radical (unpaired) electrons. The van der Waals surface area contributed by atoms with E-state index in [4.69, 9.17) is 27.7 Å². The van der Waals surface area contributed by atoms with E-state index in [0.29, 0.717) is 27.5 Å². The smallest absolute Gasteiger partial charge is 0.191 e. The van der Waals surface area contributed by atoms with Crippen molar-refractivity contribution in [1.29, 1.82) is 0 Å². The number of thioether (sulfide) groups is 1. The summed E-state index contributed by atoms with van der Waals surface area (Å²) in [4.78, 5) is 0. The third-order valence-corrected chi connectivity index (χ3v) is 5.12. The highest BCUT2D eigenvalue weighted by molar-refractivity contribution is 7.98. The van der Waals surface area contributed by atoms with Crippen LogP contribution in [0.15, 0.2) is 40.3 Å². The third-order valence-electron chi connectivity index (χ3n) is 3.59. The average molecular weight is 367 g/mol. The van der Waals surface area contributed by atoms with E-state index in [1.807, 2.05) is 12.1 Å². The van der Waals surface area contributed by atoms with Crippen LogP contribution in [0.5, 0.6) is 0 Å². The van der Waals surface area contributed by atoms with Crippen LogP contribution in [0.2, 0.25) is 10.0 Å². The highest BCUT2D eigenvalue weighted by Crippen LogP contribution is 2.38. The predicted octanol–water partition coefficient (Wildman–Crippen LogP) is 4.87. The van der Waals surface area contributed by atoms with Gasteiger partial charge < -0.3 is 9.09 Å². The Kier molecular flexibility index (Phi) is 4.05. The molecule has 1 aromatic carbocycles. The fourth-order valence-corrected chi connectivity index (χ4v) is 3.64. The van der Waals surface area contributed by atoms with E-state index >= 15 is 0 Å². The monoisotopic (exact) mass is 366 g/mol. The second-order valence-corrected chi connectivity index (χ2v) is 7.13. The largest absolute Gasteiger partial charge is 0.360 e. The summed E-state index contributed by atoms with van der Waals surface area (Å²) in [6, 6.07) is 7.76. The van der Waals surface area contributed by atoms with Crippen molar-refractivity contribution in [2.24, 2.45) is 0 Å². The van der Waals surface area contributed by atoms with Crippen LogP contribution < -0.4 is 0 Å². The number of aromatic nitrogens is 4. The van der Waals surface area contributed by atoms with E-state index in [-0.39, 0.29) is 0 Å². The van der Waals surface area contributed by atoms with Gasteiger partial charge in [-0.05, 0) is 31.0 Å². The molecule has 3 aromatic rings. The van der Waals surface area contributed by atoms with E-state index in [1.165, 1.54) is 12.8 Å². The lowest BCUT2D eigenvalue weighted by atomic mass is 10.1. The van der Waals surface area contributed by atoms with Crippen molar-refractivity contribution in [3.63, 3.8) is 0 Å². The Hall–Kier alpha value is -1.50. The van der Waals surface area contributed by atoms with E-state index in [2.05, 4.69) is 19.9 Å². The zero-order valence-electron chi connectivity index (χ0n) is 11.9. The summed E-state index contributed by atoms with van der Waals surface area (Å²) >= 11 is 13.7. The average Bonchev–Trinajstić information content (AvgIpc) is 3.08. The molecule has 2 aromatic heterocycles. The van der Waals surface area contributed by atoms with Crippen LogP contribution in [0.25, 0.3) is 11.3 Å². The van der Waals surface area contributed by atoms with Gasteiger partial charge in [-0.3, -0.25) is 0 Å². The van der Waals surface area contributed by atoms with E-state index in [1.54, 1.807) is 30.2 Å². The number of halogens is 2. The Morgan fingerprint density at radius 2 is 2.13 bits per heavy atom. The van der Waals surface area contributed by atoms with Crippen LogP contribution in [0.3, 0.4) is 0 Å². The molecule has 1 aliphatic rings. The zero-order valence-corrected chi connectivity index (χ0v) is 14.3. The van der Waals surface area contributed by atoms with Crippen LogP contribution in [0.4, 0.5) is 0 Å². The van der Waals surface area contributed by atoms with Crippen LogP contribution in [0.1, 0.15) is 24.6 Å². The maximum absolute atomic E-state index is 6.20. The van der Waals surface area contributed by atoms with Gasteiger partial charge in [-0.1, -0.05) is 40.1 Å². The molecule has 1 saturated carbocycles. The molecule has 0 unspecified atom stereocenters. The first kappa shape index (κ1) is 15.1. The van der Waals surface area contributed by atoms with Gasteiger partial charge in [0.2, 0.25) is 0 Å². The molecular formula is C15H12Cl2N4OS. The Morgan fingerprint density at radius 3 is 2.91 bits per heavy atom. The van der Waals surface area contributed by atoms with Gasteiger partial charge in [0.05, 0.1) is 10.8 Å². The van der Waals surface area contributed by atoms with Gasteiger partial charge in [-0.2, -0.15) is 0 Å². The second kappa shape index (κ2) is 6.19. The Labute approximate surface area is 147 Å². The molecule has 1 aliphatic carbocycles. The molecule has 5 nitrogen and oxygen atoms in total. The first-order valence-electron chi connectivity index (χ1n) is 7.14. The second-order valence-electron chi connectivity index (χ2n) is 5.34. The Balaban J connectivity index is 1.48. The maximum atomic E-state index is 6.20. The van der Waals surface area contributed by atoms with Gasteiger partial charge in [-0.15, -0.1) is 10.2 Å². The lowest BCUT2D eigenvalue weighted by Crippen LogP contribution is -1.94. The number of rotatable bonds is 5. The number of hydrogen-bond acceptors (Lipinski definition) is 5. The van der Waals surface area contributed by atoms with Crippen LogP contribution in [-0.4, -0.2) is 19.9 Å². The van der Waals surface area contributed by atoms with Crippen molar-refractivity contribution in [3.05, 3.63) is 46.4 Å². The van der Waals surface area contributed by atoms with Gasteiger partial charge in [0.1, 0.15) is 17.8 Å². The van der Waals surface area contributed by atoms with Crippen molar-refractivity contribution in [3.8, 4) is 11.3 Å². The molecule has 0 bridgehead atoms. The first-order chi connectivity index (χ1) is 11.2. The van der Waals surface area contributed by atoms with E-state index in [0.717, 1.165) is 16.5 Å². The zero-order chi connectivity index (χ0) is 15.8. The lowest BCUT2D eigenvalue weighted by Gasteiger charge is -2.01. The predicted molar refractivity (Wildman–Crippen MR) is 89.8 cm³/mol. The first-order valence-corrected chi connectivity index (χ1v) is 8.88. The van der Waals surface area contributed by atoms with Crippen LogP contribution in [0, 0.1) is 0 Å². The molecule has 8 heteroatoms. The van der Waals surface area contributed by atoms with Gasteiger partial charge >= 0.3 is 0 Å². The molecule has 1 fully saturated rings. The normalized spacial score (nSPS) is 14.3. The Bertz CT molecular complexity index is 844. The molecule has 23 heavy (non-hydrogen) atoms. The molecule has 0 N–H and O–H groups in total. The summed E-state index contributed by atoms with van der Waals surface area (Å²) in [7, 11) is 0. The van der Waals surface area contributed by atoms with Gasteiger partial charge in [-0.25, -0.2) is 0 Å². The van der Waals surface area contributed by atoms with Crippen molar-refractivity contribution in [2.75, 3.05) is 0 Å². The summed E-state index contributed by atoms with van der Waals surface area (Å²) in [6.45, 7) is 0. The molecule has 0 aliphatic heterocycles. The fraction of sp³-hybridized carbons (Fsp3) is 0.267. The standard InChI is InChI=1S/C15H12Cl2N4OS/c16-9-1-4-12(13(17)5-9)14-6-11(22-20-14)7-23-15-19-18-8-21(15)10-2-3-10/h1,4-6,8,10H,2-3,7H2. The minimum absolute atomic E-state index is 0.554. The topological polar surface area (TPSA) is 56.7 Å². The maximum Gasteiger partial charge on any atom is 0.191 e. The van der Waals surface area contributed by atoms with Crippen molar-refractivity contribution in [1.82, 2.24) is 19.9 Å². The summed E-state index contributed by atoms with van der Waals surface area (Å²) in [5.74, 6) is 1.41. The Morgan fingerprint density at radius 1 is 1.26 bits per heavy atom. The summed E-state index contributed by atoms with van der Waals surface area (Å²) in [5.41, 5.74) is 1.50. The number of nitrogens with zero attached hydrogens (tertiary/aromatic N) is 4. The van der Waals surface area contributed by atoms with Crippen molar-refractivity contribution >= 4 is 35.0 Å². The van der Waals surface area contributed by atoms with E-state index in [9.17, 15) is 0 Å². The minimum Gasteiger partial charge on any atom is -0.360 e. The quantitative estimate of drug-likeness (QED) is 0.603.